The average molecular weight is 224 g/mol. The Balaban J connectivity index is 1.83. The Kier molecular flexibility index (Phi) is 2.96. The number of nitrogens with one attached hydrogen (secondary N) is 1. The quantitative estimate of drug-likeness (QED) is 0.653. The third-order valence-electron chi connectivity index (χ3n) is 3.24. The maximum atomic E-state index is 11.9. The molecule has 2 fully saturated rings. The van der Waals surface area contributed by atoms with Crippen molar-refractivity contribution in [3.05, 3.63) is 11.1 Å². The van der Waals surface area contributed by atoms with Crippen molar-refractivity contribution in [3.8, 4) is 0 Å². The molecule has 2 saturated heterocycles. The number of nitrogens with zero attached hydrogens (tertiary/aromatic N) is 1. The number of carboxylic acids is 1. The lowest BCUT2D eigenvalue weighted by Gasteiger charge is -2.39. The third kappa shape index (κ3) is 2.09. The van der Waals surface area contributed by atoms with Crippen molar-refractivity contribution >= 4 is 11.9 Å². The minimum atomic E-state index is -0.782. The van der Waals surface area contributed by atoms with E-state index >= 15 is 0 Å². The molecule has 0 radical (unpaired) electrons. The summed E-state index contributed by atoms with van der Waals surface area (Å²) in [5.74, 6) is -0.577. The number of amides is 1. The second-order valence-corrected chi connectivity index (χ2v) is 4.51. The fourth-order valence-corrected chi connectivity index (χ4v) is 2.02. The number of aliphatic carboxylic acids is 1. The Morgan fingerprint density at radius 3 is 2.50 bits per heavy atom. The van der Waals surface area contributed by atoms with Crippen molar-refractivity contribution in [1.82, 2.24) is 10.2 Å². The lowest BCUT2D eigenvalue weighted by atomic mass is 9.94. The van der Waals surface area contributed by atoms with Crippen LogP contribution in [0.3, 0.4) is 0 Å². The van der Waals surface area contributed by atoms with Crippen LogP contribution in [0.25, 0.3) is 0 Å². The zero-order valence-electron chi connectivity index (χ0n) is 9.32. The maximum Gasteiger partial charge on any atom is 0.303 e. The molecule has 0 aliphatic carbocycles. The topological polar surface area (TPSA) is 69.6 Å². The van der Waals surface area contributed by atoms with Gasteiger partial charge in [0.25, 0.3) is 0 Å². The Hall–Kier alpha value is -1.36. The molecule has 2 aliphatic rings. The number of hydrogen-bond acceptors (Lipinski definition) is 3. The first-order valence-corrected chi connectivity index (χ1v) is 5.48. The van der Waals surface area contributed by atoms with E-state index < -0.39 is 5.97 Å². The highest BCUT2D eigenvalue weighted by Crippen LogP contribution is 2.22. The van der Waals surface area contributed by atoms with E-state index in [-0.39, 0.29) is 18.2 Å². The van der Waals surface area contributed by atoms with Crippen molar-refractivity contribution in [3.63, 3.8) is 0 Å². The molecule has 88 valence electrons. The molecule has 0 aromatic rings. The van der Waals surface area contributed by atoms with Crippen LogP contribution in [0.15, 0.2) is 11.1 Å². The first kappa shape index (κ1) is 11.1. The summed E-state index contributed by atoms with van der Waals surface area (Å²) in [5, 5.41) is 11.7. The second-order valence-electron chi connectivity index (χ2n) is 4.51. The fraction of sp³-hybridized carbons (Fsp3) is 0.636. The van der Waals surface area contributed by atoms with E-state index in [1.807, 2.05) is 6.92 Å². The molecule has 5 nitrogen and oxygen atoms in total. The molecular formula is C11H16N2O3. The molecule has 5 heteroatoms. The summed E-state index contributed by atoms with van der Waals surface area (Å²) in [4.78, 5) is 24.1. The molecule has 1 amide bonds. The molecular weight excluding hydrogens is 208 g/mol. The maximum absolute atomic E-state index is 11.9. The normalized spacial score (nSPS) is 20.1. The molecule has 16 heavy (non-hydrogen) atoms. The van der Waals surface area contributed by atoms with Gasteiger partial charge < -0.3 is 15.3 Å². The molecule has 0 aromatic carbocycles. The van der Waals surface area contributed by atoms with Gasteiger partial charge in [-0.3, -0.25) is 9.59 Å². The van der Waals surface area contributed by atoms with Gasteiger partial charge in [0.05, 0.1) is 6.42 Å². The largest absolute Gasteiger partial charge is 0.481 e. The van der Waals surface area contributed by atoms with Crippen LogP contribution in [-0.2, 0) is 9.59 Å². The SMILES string of the molecule is CC(C(=O)N1CC(CC(=O)O)C1)=C1CNC1. The van der Waals surface area contributed by atoms with Gasteiger partial charge in [0.15, 0.2) is 0 Å². The third-order valence-corrected chi connectivity index (χ3v) is 3.24. The number of rotatable bonds is 3. The molecule has 0 unspecified atom stereocenters. The average Bonchev–Trinajstić information content (AvgIpc) is 2.06. The van der Waals surface area contributed by atoms with Crippen LogP contribution in [0.2, 0.25) is 0 Å². The Labute approximate surface area is 94.1 Å². The van der Waals surface area contributed by atoms with E-state index in [2.05, 4.69) is 5.32 Å². The zero-order chi connectivity index (χ0) is 11.7. The number of carbonyl (C=O) groups is 2. The minimum Gasteiger partial charge on any atom is -0.481 e. The number of hydrogen-bond donors (Lipinski definition) is 2. The van der Waals surface area contributed by atoms with Gasteiger partial charge in [0.1, 0.15) is 0 Å². The fourth-order valence-electron chi connectivity index (χ4n) is 2.02. The van der Waals surface area contributed by atoms with E-state index in [4.69, 9.17) is 5.11 Å². The number of likely N-dealkylation sites (tertiary alicyclic amines) is 1. The Morgan fingerprint density at radius 2 is 2.06 bits per heavy atom. The molecule has 2 aliphatic heterocycles. The van der Waals surface area contributed by atoms with Crippen LogP contribution in [-0.4, -0.2) is 48.1 Å². The van der Waals surface area contributed by atoms with Crippen LogP contribution in [0, 0.1) is 5.92 Å². The van der Waals surface area contributed by atoms with E-state index in [0.717, 1.165) is 18.7 Å². The predicted octanol–water partition coefficient (Wildman–Crippen LogP) is -0.161. The van der Waals surface area contributed by atoms with Crippen molar-refractivity contribution in [2.75, 3.05) is 26.2 Å². The molecule has 0 spiro atoms. The molecule has 2 N–H and O–H groups in total. The summed E-state index contributed by atoms with van der Waals surface area (Å²) >= 11 is 0. The molecule has 0 saturated carbocycles. The van der Waals surface area contributed by atoms with Crippen molar-refractivity contribution < 1.29 is 14.7 Å². The monoisotopic (exact) mass is 224 g/mol. The minimum absolute atomic E-state index is 0.0677. The number of carboxylic acid groups (broad SMARTS) is 1. The van der Waals surface area contributed by atoms with E-state index in [1.165, 1.54) is 5.57 Å². The summed E-state index contributed by atoms with van der Waals surface area (Å²) in [7, 11) is 0. The van der Waals surface area contributed by atoms with Crippen LogP contribution < -0.4 is 5.32 Å². The van der Waals surface area contributed by atoms with Crippen molar-refractivity contribution in [2.45, 2.75) is 13.3 Å². The lowest BCUT2D eigenvalue weighted by Crippen LogP contribution is -2.51. The van der Waals surface area contributed by atoms with Crippen LogP contribution in [0.5, 0.6) is 0 Å². The van der Waals surface area contributed by atoms with Crippen molar-refractivity contribution in [1.29, 1.82) is 0 Å². The Bertz CT molecular complexity index is 350. The molecule has 0 atom stereocenters. The van der Waals surface area contributed by atoms with Gasteiger partial charge >= 0.3 is 5.97 Å². The van der Waals surface area contributed by atoms with Gasteiger partial charge in [-0.2, -0.15) is 0 Å². The Morgan fingerprint density at radius 1 is 1.44 bits per heavy atom. The predicted molar refractivity (Wildman–Crippen MR) is 57.9 cm³/mol. The summed E-state index contributed by atoms with van der Waals surface area (Å²) in [6, 6.07) is 0. The van der Waals surface area contributed by atoms with E-state index in [9.17, 15) is 9.59 Å². The van der Waals surface area contributed by atoms with Crippen molar-refractivity contribution in [2.24, 2.45) is 5.92 Å². The first-order valence-electron chi connectivity index (χ1n) is 5.48. The van der Waals surface area contributed by atoms with Gasteiger partial charge in [0.2, 0.25) is 5.91 Å². The van der Waals surface area contributed by atoms with Crippen LogP contribution in [0.1, 0.15) is 13.3 Å². The highest BCUT2D eigenvalue weighted by molar-refractivity contribution is 5.94. The van der Waals surface area contributed by atoms with Gasteiger partial charge in [-0.1, -0.05) is 0 Å². The summed E-state index contributed by atoms with van der Waals surface area (Å²) in [6.07, 6.45) is 0.168. The summed E-state index contributed by atoms with van der Waals surface area (Å²) < 4.78 is 0. The first-order chi connectivity index (χ1) is 7.58. The van der Waals surface area contributed by atoms with Gasteiger partial charge in [-0.15, -0.1) is 0 Å². The van der Waals surface area contributed by atoms with Crippen LogP contribution in [0.4, 0.5) is 0 Å². The highest BCUT2D eigenvalue weighted by atomic mass is 16.4. The molecule has 2 rings (SSSR count). The van der Waals surface area contributed by atoms with E-state index in [1.54, 1.807) is 4.90 Å². The van der Waals surface area contributed by atoms with E-state index in [0.29, 0.717) is 13.1 Å². The molecule has 0 aromatic heterocycles. The van der Waals surface area contributed by atoms with Gasteiger partial charge in [-0.05, 0) is 12.5 Å². The highest BCUT2D eigenvalue weighted by Gasteiger charge is 2.33. The summed E-state index contributed by atoms with van der Waals surface area (Å²) in [6.45, 7) is 4.64. The van der Waals surface area contributed by atoms with Crippen LogP contribution >= 0.6 is 0 Å². The molecule has 0 bridgehead atoms. The van der Waals surface area contributed by atoms with Gasteiger partial charge in [0, 0.05) is 37.7 Å². The standard InChI is InChI=1S/C11H16N2O3/c1-7(9-3-12-4-9)11(16)13-5-8(6-13)2-10(14)15/h8,12H,2-6H2,1H3,(H,14,15). The lowest BCUT2D eigenvalue weighted by molar-refractivity contribution is -0.143. The summed E-state index contributed by atoms with van der Waals surface area (Å²) in [5.41, 5.74) is 2.00. The molecule has 2 heterocycles. The second kappa shape index (κ2) is 4.25. The smallest absolute Gasteiger partial charge is 0.303 e. The zero-order valence-corrected chi connectivity index (χ0v) is 9.32. The van der Waals surface area contributed by atoms with Gasteiger partial charge in [-0.25, -0.2) is 0 Å². The number of carbonyl (C=O) groups excluding carboxylic acids is 1.